The molecule has 4 unspecified atom stereocenters. The van der Waals surface area contributed by atoms with Gasteiger partial charge in [-0.2, -0.15) is 0 Å². The van der Waals surface area contributed by atoms with Crippen molar-refractivity contribution in [3.8, 4) is 0 Å². The van der Waals surface area contributed by atoms with Crippen molar-refractivity contribution in [2.45, 2.75) is 43.7 Å². The summed E-state index contributed by atoms with van der Waals surface area (Å²) in [5.74, 6) is 0.827. The minimum atomic E-state index is -0.0930. The molecular formula is C18H32N8O2S. The van der Waals surface area contributed by atoms with Gasteiger partial charge in [0.2, 0.25) is 5.91 Å². The molecule has 162 valence electrons. The second-order valence-electron chi connectivity index (χ2n) is 7.75. The first-order valence-corrected chi connectivity index (χ1v) is 11.5. The average Bonchev–Trinajstić information content (AvgIpc) is 3.26. The minimum Gasteiger partial charge on any atom is -0.358 e. The Morgan fingerprint density at radius 1 is 1.07 bits per heavy atom. The van der Waals surface area contributed by atoms with Crippen molar-refractivity contribution in [1.29, 1.82) is 0 Å². The second kappa shape index (κ2) is 10.1. The van der Waals surface area contributed by atoms with E-state index in [1.807, 2.05) is 6.20 Å². The van der Waals surface area contributed by atoms with Crippen LogP contribution in [-0.2, 0) is 9.59 Å². The van der Waals surface area contributed by atoms with E-state index in [-0.39, 0.29) is 36.2 Å². The van der Waals surface area contributed by atoms with Gasteiger partial charge in [0.05, 0.1) is 29.3 Å². The highest BCUT2D eigenvalue weighted by Crippen LogP contribution is 2.24. The van der Waals surface area contributed by atoms with Gasteiger partial charge in [-0.05, 0) is 19.4 Å². The fraction of sp³-hybridized carbons (Fsp3) is 0.778. The van der Waals surface area contributed by atoms with Crippen molar-refractivity contribution >= 4 is 23.6 Å². The lowest BCUT2D eigenvalue weighted by atomic mass is 10.0. The van der Waals surface area contributed by atoms with Gasteiger partial charge in [0.25, 0.3) is 5.91 Å². The summed E-state index contributed by atoms with van der Waals surface area (Å²) in [5, 5.41) is 22.8. The molecule has 0 radical (unpaired) electrons. The van der Waals surface area contributed by atoms with E-state index in [0.717, 1.165) is 56.3 Å². The van der Waals surface area contributed by atoms with Crippen LogP contribution in [0.5, 0.6) is 0 Å². The van der Waals surface area contributed by atoms with Crippen LogP contribution in [0.15, 0.2) is 11.1 Å². The Labute approximate surface area is 175 Å². The molecule has 10 nitrogen and oxygen atoms in total. The number of fused-ring (bicyclic) bond motifs is 1. The summed E-state index contributed by atoms with van der Waals surface area (Å²) >= 11 is 1.58. The fourth-order valence-corrected chi connectivity index (χ4v) is 5.19. The van der Waals surface area contributed by atoms with Crippen molar-refractivity contribution < 1.29 is 9.59 Å². The Kier molecular flexibility index (Phi) is 7.27. The number of piperidine rings is 1. The summed E-state index contributed by atoms with van der Waals surface area (Å²) < 4.78 is 0. The van der Waals surface area contributed by atoms with E-state index in [1.165, 1.54) is 0 Å². The van der Waals surface area contributed by atoms with Crippen molar-refractivity contribution in [2.24, 2.45) is 0 Å². The molecule has 4 heterocycles. The molecule has 4 aliphatic heterocycles. The van der Waals surface area contributed by atoms with Gasteiger partial charge >= 0.3 is 0 Å². The molecule has 0 aliphatic carbocycles. The Morgan fingerprint density at radius 2 is 1.90 bits per heavy atom. The number of carbonyl (C=O) groups excluding carboxylic acids is 2. The quantitative estimate of drug-likeness (QED) is 0.233. The zero-order valence-corrected chi connectivity index (χ0v) is 17.4. The molecule has 29 heavy (non-hydrogen) atoms. The molecule has 4 aliphatic rings. The van der Waals surface area contributed by atoms with E-state index in [4.69, 9.17) is 0 Å². The second-order valence-corrected chi connectivity index (χ2v) is 8.88. The predicted octanol–water partition coefficient (Wildman–Crippen LogP) is -2.43. The third kappa shape index (κ3) is 5.22. The number of thioether (sulfide) groups is 1. The molecule has 11 heteroatoms. The highest BCUT2D eigenvalue weighted by molar-refractivity contribution is 8.04. The van der Waals surface area contributed by atoms with Gasteiger partial charge in [-0.3, -0.25) is 30.9 Å². The van der Waals surface area contributed by atoms with E-state index >= 15 is 0 Å². The molecule has 4 atom stereocenters. The summed E-state index contributed by atoms with van der Waals surface area (Å²) in [6.07, 6.45) is 5.45. The van der Waals surface area contributed by atoms with E-state index in [1.54, 1.807) is 11.8 Å². The smallest absolute Gasteiger partial charge is 0.259 e. The summed E-state index contributed by atoms with van der Waals surface area (Å²) in [6, 6.07) is 0.153. The van der Waals surface area contributed by atoms with Gasteiger partial charge in [0.15, 0.2) is 0 Å². The molecule has 4 rings (SSSR count). The van der Waals surface area contributed by atoms with Crippen molar-refractivity contribution in [2.75, 3.05) is 45.3 Å². The number of carbonyl (C=O) groups is 2. The first-order valence-electron chi connectivity index (χ1n) is 10.6. The zero-order valence-electron chi connectivity index (χ0n) is 16.6. The Hall–Kier alpha value is -1.37. The maximum atomic E-state index is 12.6. The molecule has 0 aromatic heterocycles. The molecule has 0 aromatic rings. The van der Waals surface area contributed by atoms with Crippen LogP contribution in [0.1, 0.15) is 19.3 Å². The molecule has 0 aromatic carbocycles. The first kappa shape index (κ1) is 20.9. The van der Waals surface area contributed by atoms with Crippen LogP contribution in [0.2, 0.25) is 0 Å². The van der Waals surface area contributed by atoms with Crippen LogP contribution in [-0.4, -0.2) is 86.4 Å². The molecule has 0 spiro atoms. The van der Waals surface area contributed by atoms with Gasteiger partial charge < -0.3 is 20.9 Å². The van der Waals surface area contributed by atoms with Crippen LogP contribution >= 0.6 is 11.8 Å². The standard InChI is InChI=1S/C18H32N8O2S/c27-17(12-3-1-2-4-19-12)20-5-6-21-18(28)13-9-26(7-8-29-13)16-14-15(23-10-22-14)24-11-25-16/h9,12,14-16,19,22-25H,1-8,10-11H2,(H,20,27)(H,21,28). The Bertz CT molecular complexity index is 627. The number of hydrogen-bond acceptors (Lipinski definition) is 9. The largest absolute Gasteiger partial charge is 0.358 e. The van der Waals surface area contributed by atoms with Gasteiger partial charge in [0, 0.05) is 44.9 Å². The molecule has 7 N–H and O–H groups in total. The highest BCUT2D eigenvalue weighted by Gasteiger charge is 2.39. The number of nitrogens with zero attached hydrogens (tertiary/aromatic N) is 1. The molecular weight excluding hydrogens is 392 g/mol. The maximum Gasteiger partial charge on any atom is 0.259 e. The number of nitrogens with one attached hydrogen (secondary N) is 7. The van der Waals surface area contributed by atoms with Crippen LogP contribution in [0.3, 0.4) is 0 Å². The average molecular weight is 425 g/mol. The molecule has 3 saturated heterocycles. The van der Waals surface area contributed by atoms with Gasteiger partial charge in [0.1, 0.15) is 0 Å². The SMILES string of the molecule is O=C(NCCNC(=O)C1CCCCN1)C1=CN(C2NCNC3NCNC32)CCS1. The summed E-state index contributed by atoms with van der Waals surface area (Å²) in [7, 11) is 0. The minimum absolute atomic E-state index is 0.0283. The van der Waals surface area contributed by atoms with Crippen LogP contribution < -0.4 is 37.2 Å². The monoisotopic (exact) mass is 424 g/mol. The Morgan fingerprint density at radius 3 is 2.72 bits per heavy atom. The molecule has 3 fully saturated rings. The van der Waals surface area contributed by atoms with Gasteiger partial charge in [-0.1, -0.05) is 6.42 Å². The predicted molar refractivity (Wildman–Crippen MR) is 113 cm³/mol. The summed E-state index contributed by atoms with van der Waals surface area (Å²) in [6.45, 7) is 4.18. The lowest BCUT2D eigenvalue weighted by molar-refractivity contribution is -0.124. The van der Waals surface area contributed by atoms with E-state index in [0.29, 0.717) is 13.1 Å². The van der Waals surface area contributed by atoms with Crippen LogP contribution in [0, 0.1) is 0 Å². The molecule has 0 saturated carbocycles. The first-order chi connectivity index (χ1) is 14.2. The fourth-order valence-electron chi connectivity index (χ4n) is 4.25. The summed E-state index contributed by atoms with van der Waals surface area (Å²) in [4.78, 5) is 27.7. The van der Waals surface area contributed by atoms with Crippen molar-refractivity contribution in [3.05, 3.63) is 11.1 Å². The number of hydrogen-bond donors (Lipinski definition) is 7. The maximum absolute atomic E-state index is 12.6. The van der Waals surface area contributed by atoms with E-state index < -0.39 is 0 Å². The zero-order chi connectivity index (χ0) is 20.1. The molecule has 0 bridgehead atoms. The third-order valence-corrected chi connectivity index (χ3v) is 6.79. The summed E-state index contributed by atoms with van der Waals surface area (Å²) in [5.41, 5.74) is 0. The van der Waals surface area contributed by atoms with Crippen LogP contribution in [0.4, 0.5) is 0 Å². The van der Waals surface area contributed by atoms with E-state index in [2.05, 4.69) is 42.1 Å². The topological polar surface area (TPSA) is 122 Å². The Balaban J connectivity index is 1.23. The highest BCUT2D eigenvalue weighted by atomic mass is 32.2. The van der Waals surface area contributed by atoms with Gasteiger partial charge in [-0.25, -0.2) is 0 Å². The number of amides is 2. The van der Waals surface area contributed by atoms with Crippen molar-refractivity contribution in [1.82, 2.24) is 42.1 Å². The normalized spacial score (nSPS) is 32.3. The lowest BCUT2D eigenvalue weighted by Crippen LogP contribution is -2.68. The van der Waals surface area contributed by atoms with Crippen LogP contribution in [0.25, 0.3) is 0 Å². The van der Waals surface area contributed by atoms with E-state index in [9.17, 15) is 9.59 Å². The molecule has 2 amide bonds. The number of rotatable bonds is 6. The third-order valence-electron chi connectivity index (χ3n) is 5.80. The van der Waals surface area contributed by atoms with Gasteiger partial charge in [-0.15, -0.1) is 11.8 Å². The lowest BCUT2D eigenvalue weighted by Gasteiger charge is -2.42. The van der Waals surface area contributed by atoms with Crippen molar-refractivity contribution in [3.63, 3.8) is 0 Å².